The Morgan fingerprint density at radius 3 is 2.63 bits per heavy atom. The Hall–Kier alpha value is -2.29. The summed E-state index contributed by atoms with van der Waals surface area (Å²) in [7, 11) is 0. The molecule has 1 fully saturated rings. The van der Waals surface area contributed by atoms with Crippen molar-refractivity contribution >= 4 is 67.5 Å². The molecule has 30 heavy (non-hydrogen) atoms. The molecule has 0 radical (unpaired) electrons. The Morgan fingerprint density at radius 1 is 1.03 bits per heavy atom. The van der Waals surface area contributed by atoms with E-state index in [4.69, 9.17) is 4.99 Å². The maximum Gasteiger partial charge on any atom is 0.269 e. The molecule has 1 aromatic heterocycles. The number of aliphatic imine (C=N–C) groups is 1. The van der Waals surface area contributed by atoms with Crippen LogP contribution in [0.3, 0.4) is 0 Å². The van der Waals surface area contributed by atoms with Crippen LogP contribution in [0.5, 0.6) is 0 Å². The molecule has 0 unspecified atom stereocenters. The number of anilines is 1. The van der Waals surface area contributed by atoms with Crippen molar-refractivity contribution in [1.82, 2.24) is 9.88 Å². The Labute approximate surface area is 187 Å². The van der Waals surface area contributed by atoms with E-state index in [0.717, 1.165) is 42.6 Å². The molecule has 0 N–H and O–H groups in total. The van der Waals surface area contributed by atoms with Crippen LogP contribution in [-0.2, 0) is 4.79 Å². The summed E-state index contributed by atoms with van der Waals surface area (Å²) >= 11 is 4.81. The number of amides is 1. The lowest BCUT2D eigenvalue weighted by atomic mass is 10.3. The van der Waals surface area contributed by atoms with Crippen molar-refractivity contribution in [2.24, 2.45) is 4.99 Å². The third kappa shape index (κ3) is 3.23. The third-order valence-electron chi connectivity index (χ3n) is 5.00. The van der Waals surface area contributed by atoms with Crippen LogP contribution in [0.2, 0.25) is 0 Å². The lowest BCUT2D eigenvalue weighted by Crippen LogP contribution is -2.29. The fourth-order valence-electron chi connectivity index (χ4n) is 3.62. The molecule has 2 aromatic carbocycles. The van der Waals surface area contributed by atoms with Crippen LogP contribution in [0, 0.1) is 6.92 Å². The number of carbonyl (C=O) groups is 1. The van der Waals surface area contributed by atoms with E-state index in [1.165, 1.54) is 22.3 Å². The summed E-state index contributed by atoms with van der Waals surface area (Å²) < 4.78 is 1.12. The largest absolute Gasteiger partial charge is 0.334 e. The summed E-state index contributed by atoms with van der Waals surface area (Å²) in [6.07, 6.45) is 0. The van der Waals surface area contributed by atoms with Gasteiger partial charge >= 0.3 is 0 Å². The van der Waals surface area contributed by atoms with Gasteiger partial charge in [-0.15, -0.1) is 11.3 Å². The van der Waals surface area contributed by atoms with Crippen LogP contribution in [0.4, 0.5) is 11.4 Å². The number of aryl methyl sites for hydroxylation is 1. The predicted molar refractivity (Wildman–Crippen MR) is 129 cm³/mol. The molecule has 5 nitrogen and oxygen atoms in total. The van der Waals surface area contributed by atoms with Gasteiger partial charge in [-0.05, 0) is 62.9 Å². The van der Waals surface area contributed by atoms with Crippen molar-refractivity contribution in [3.8, 4) is 0 Å². The zero-order chi connectivity index (χ0) is 20.8. The third-order valence-corrected chi connectivity index (χ3v) is 8.31. The summed E-state index contributed by atoms with van der Waals surface area (Å²) in [5, 5.41) is 2.78. The minimum atomic E-state index is 0.0321. The standard InChI is InChI=1S/C22H20N4OS3/c1-4-25-16-8-6-7-9-17(16)29-21(25)19-20(27)26(5-2)22(30-19)24-14-10-11-15-18(12-14)28-13(3)23-15/h6-12H,4-5H2,1-3H3. The van der Waals surface area contributed by atoms with Gasteiger partial charge in [0.2, 0.25) is 0 Å². The molecule has 152 valence electrons. The molecule has 5 rings (SSSR count). The van der Waals surface area contributed by atoms with E-state index in [2.05, 4.69) is 35.0 Å². The van der Waals surface area contributed by atoms with Crippen molar-refractivity contribution < 1.29 is 4.79 Å². The first-order valence-electron chi connectivity index (χ1n) is 9.83. The van der Waals surface area contributed by atoms with Gasteiger partial charge in [-0.3, -0.25) is 9.69 Å². The molecule has 0 spiro atoms. The molecule has 0 saturated carbocycles. The molecule has 0 bridgehead atoms. The number of thioether (sulfide) groups is 2. The lowest BCUT2D eigenvalue weighted by Gasteiger charge is -2.19. The second-order valence-electron chi connectivity index (χ2n) is 6.88. The van der Waals surface area contributed by atoms with Gasteiger partial charge in [0, 0.05) is 18.0 Å². The van der Waals surface area contributed by atoms with Crippen molar-refractivity contribution in [2.45, 2.75) is 25.7 Å². The highest BCUT2D eigenvalue weighted by atomic mass is 32.2. The van der Waals surface area contributed by atoms with Crippen molar-refractivity contribution in [3.05, 3.63) is 57.4 Å². The van der Waals surface area contributed by atoms with Gasteiger partial charge in [0.1, 0.15) is 9.93 Å². The first-order valence-corrected chi connectivity index (χ1v) is 12.3. The molecule has 1 saturated heterocycles. The number of nitrogens with zero attached hydrogens (tertiary/aromatic N) is 4. The van der Waals surface area contributed by atoms with E-state index < -0.39 is 0 Å². The normalized spacial score (nSPS) is 20.1. The number of hydrogen-bond donors (Lipinski definition) is 0. The number of fused-ring (bicyclic) bond motifs is 2. The zero-order valence-corrected chi connectivity index (χ0v) is 19.3. The van der Waals surface area contributed by atoms with E-state index >= 15 is 0 Å². The number of thiazole rings is 1. The topological polar surface area (TPSA) is 48.8 Å². The van der Waals surface area contributed by atoms with Gasteiger partial charge in [0.05, 0.1) is 26.6 Å². The molecular weight excluding hydrogens is 432 g/mol. The Balaban J connectivity index is 1.54. The lowest BCUT2D eigenvalue weighted by molar-refractivity contribution is -0.122. The molecule has 1 amide bonds. The van der Waals surface area contributed by atoms with Crippen LogP contribution >= 0.6 is 34.9 Å². The quantitative estimate of drug-likeness (QED) is 0.457. The molecule has 2 aliphatic heterocycles. The maximum absolute atomic E-state index is 13.3. The number of likely N-dealkylation sites (N-methyl/N-ethyl adjacent to an activating group) is 1. The summed E-state index contributed by atoms with van der Waals surface area (Å²) in [6.45, 7) is 7.52. The van der Waals surface area contributed by atoms with E-state index in [1.54, 1.807) is 28.0 Å². The summed E-state index contributed by atoms with van der Waals surface area (Å²) in [6, 6.07) is 14.3. The van der Waals surface area contributed by atoms with E-state index in [1.807, 2.05) is 38.1 Å². The average Bonchev–Trinajstić information content (AvgIpc) is 3.39. The summed E-state index contributed by atoms with van der Waals surface area (Å²) in [5.41, 5.74) is 3.01. The number of aromatic nitrogens is 1. The first-order chi connectivity index (χ1) is 14.6. The van der Waals surface area contributed by atoms with Crippen LogP contribution in [-0.4, -0.2) is 34.0 Å². The molecule has 0 atom stereocenters. The molecule has 8 heteroatoms. The fraction of sp³-hybridized carbons (Fsp3) is 0.227. The number of para-hydroxylation sites is 1. The zero-order valence-electron chi connectivity index (χ0n) is 16.9. The predicted octanol–water partition coefficient (Wildman–Crippen LogP) is 5.99. The van der Waals surface area contributed by atoms with Crippen molar-refractivity contribution in [1.29, 1.82) is 0 Å². The van der Waals surface area contributed by atoms with Gasteiger partial charge < -0.3 is 4.90 Å². The summed E-state index contributed by atoms with van der Waals surface area (Å²) in [4.78, 5) is 28.6. The second kappa shape index (κ2) is 7.76. The Bertz CT molecular complexity index is 1230. The van der Waals surface area contributed by atoms with Gasteiger partial charge in [-0.2, -0.15) is 0 Å². The second-order valence-corrected chi connectivity index (χ2v) is 10.1. The highest BCUT2D eigenvalue weighted by Crippen LogP contribution is 2.50. The van der Waals surface area contributed by atoms with Crippen molar-refractivity contribution in [2.75, 3.05) is 18.0 Å². The number of benzene rings is 2. The Kier molecular flexibility index (Phi) is 5.08. The monoisotopic (exact) mass is 452 g/mol. The molecular formula is C22H20N4OS3. The van der Waals surface area contributed by atoms with Gasteiger partial charge in [-0.1, -0.05) is 23.9 Å². The minimum absolute atomic E-state index is 0.0321. The highest BCUT2D eigenvalue weighted by molar-refractivity contribution is 8.19. The number of hydrogen-bond acceptors (Lipinski definition) is 7. The average molecular weight is 453 g/mol. The van der Waals surface area contributed by atoms with E-state index in [-0.39, 0.29) is 5.91 Å². The fourth-order valence-corrected chi connectivity index (χ4v) is 6.94. The Morgan fingerprint density at radius 2 is 1.83 bits per heavy atom. The van der Waals surface area contributed by atoms with Crippen molar-refractivity contribution in [3.63, 3.8) is 0 Å². The smallest absolute Gasteiger partial charge is 0.269 e. The van der Waals surface area contributed by atoms with Crippen LogP contribution in [0.25, 0.3) is 10.2 Å². The summed E-state index contributed by atoms with van der Waals surface area (Å²) in [5.74, 6) is 0.0321. The van der Waals surface area contributed by atoms with E-state index in [0.29, 0.717) is 6.54 Å². The van der Waals surface area contributed by atoms with E-state index in [9.17, 15) is 4.79 Å². The molecule has 3 aromatic rings. The van der Waals surface area contributed by atoms with Crippen LogP contribution in [0.15, 0.2) is 62.3 Å². The van der Waals surface area contributed by atoms with Gasteiger partial charge in [0.15, 0.2) is 5.17 Å². The molecule has 0 aliphatic carbocycles. The SMILES string of the molecule is CCN1C(=O)C(=C2Sc3ccccc3N2CC)SC1=Nc1ccc2nc(C)sc2c1. The maximum atomic E-state index is 13.3. The minimum Gasteiger partial charge on any atom is -0.334 e. The number of rotatable bonds is 3. The van der Waals surface area contributed by atoms with Crippen LogP contribution in [0.1, 0.15) is 18.9 Å². The first kappa shape index (κ1) is 19.7. The van der Waals surface area contributed by atoms with Gasteiger partial charge in [-0.25, -0.2) is 9.98 Å². The van der Waals surface area contributed by atoms with Crippen LogP contribution < -0.4 is 4.90 Å². The molecule has 3 heterocycles. The molecule has 2 aliphatic rings. The number of carbonyl (C=O) groups excluding carboxylic acids is 1. The van der Waals surface area contributed by atoms with Gasteiger partial charge in [0.25, 0.3) is 5.91 Å². The highest BCUT2D eigenvalue weighted by Gasteiger charge is 2.38. The number of amidine groups is 1.